The Morgan fingerprint density at radius 3 is 2.71 bits per heavy atom. The fourth-order valence-corrected chi connectivity index (χ4v) is 3.31. The van der Waals surface area contributed by atoms with Crippen molar-refractivity contribution in [3.05, 3.63) is 64.3 Å². The Morgan fingerprint density at radius 1 is 1.29 bits per heavy atom. The van der Waals surface area contributed by atoms with Crippen LogP contribution >= 0.6 is 0 Å². The molecule has 0 spiro atoms. The van der Waals surface area contributed by atoms with E-state index in [1.54, 1.807) is 11.7 Å². The standard InChI is InChI=1S/C20H24N2O6/c1-21-16(13-18(24)22(21)15-7-3-2-4-8-15)14-11-17(20(25)26)28-19(12-14)27-10-6-5-9-23/h2-4,7-8,11,13-14,19,23H,5-6,9-10,12H2,1H3,(H,25,26)/t14-,19+/m1/s1. The number of hydrogen-bond donors (Lipinski definition) is 2. The minimum absolute atomic E-state index is 0.0763. The SMILES string of the molecule is Cn1c([C@@H]2C=C(C(=O)O)O[C@H](OCCCCO)C2)cc(=O)n1-c1ccccc1. The molecule has 28 heavy (non-hydrogen) atoms. The molecule has 0 bridgehead atoms. The fraction of sp³-hybridized carbons (Fsp3) is 0.400. The second-order valence-electron chi connectivity index (χ2n) is 6.61. The minimum Gasteiger partial charge on any atom is -0.475 e. The summed E-state index contributed by atoms with van der Waals surface area (Å²) in [5.41, 5.74) is 1.22. The van der Waals surface area contributed by atoms with Gasteiger partial charge in [-0.05, 0) is 31.1 Å². The molecule has 0 saturated heterocycles. The second-order valence-corrected chi connectivity index (χ2v) is 6.61. The van der Waals surface area contributed by atoms with Crippen molar-refractivity contribution in [2.24, 2.45) is 7.05 Å². The summed E-state index contributed by atoms with van der Waals surface area (Å²) in [6, 6.07) is 10.8. The number of aliphatic hydroxyl groups is 1. The summed E-state index contributed by atoms with van der Waals surface area (Å²) in [6.45, 7) is 0.432. The Hall–Kier alpha value is -2.84. The third-order valence-corrected chi connectivity index (χ3v) is 4.66. The average molecular weight is 388 g/mol. The molecule has 150 valence electrons. The Balaban J connectivity index is 1.88. The van der Waals surface area contributed by atoms with Gasteiger partial charge in [0.2, 0.25) is 12.0 Å². The Labute approximate surface area is 162 Å². The molecule has 2 atom stereocenters. The normalized spacial score (nSPS) is 19.1. The van der Waals surface area contributed by atoms with E-state index in [1.165, 1.54) is 16.8 Å². The number of aliphatic hydroxyl groups excluding tert-OH is 1. The van der Waals surface area contributed by atoms with Crippen molar-refractivity contribution < 1.29 is 24.5 Å². The molecule has 0 amide bonds. The van der Waals surface area contributed by atoms with Gasteiger partial charge in [-0.2, -0.15) is 0 Å². The summed E-state index contributed by atoms with van der Waals surface area (Å²) in [5, 5.41) is 18.2. The van der Waals surface area contributed by atoms with Gasteiger partial charge in [-0.1, -0.05) is 18.2 Å². The van der Waals surface area contributed by atoms with Crippen LogP contribution in [0.25, 0.3) is 5.69 Å². The topological polar surface area (TPSA) is 103 Å². The second kappa shape index (κ2) is 8.90. The molecule has 0 fully saturated rings. The maximum Gasteiger partial charge on any atom is 0.370 e. The number of rotatable bonds is 8. The molecule has 0 aliphatic carbocycles. The molecule has 8 heteroatoms. The van der Waals surface area contributed by atoms with E-state index in [0.29, 0.717) is 31.6 Å². The van der Waals surface area contributed by atoms with Crippen molar-refractivity contribution >= 4 is 5.97 Å². The van der Waals surface area contributed by atoms with Crippen LogP contribution in [0.1, 0.15) is 30.9 Å². The van der Waals surface area contributed by atoms with Gasteiger partial charge in [0.15, 0.2) is 0 Å². The van der Waals surface area contributed by atoms with Gasteiger partial charge in [-0.25, -0.2) is 9.48 Å². The number of carboxylic acids is 1. The van der Waals surface area contributed by atoms with Crippen molar-refractivity contribution in [3.8, 4) is 5.69 Å². The first kappa shape index (κ1) is 19.9. The monoisotopic (exact) mass is 388 g/mol. The summed E-state index contributed by atoms with van der Waals surface area (Å²) < 4.78 is 14.3. The van der Waals surface area contributed by atoms with E-state index in [9.17, 15) is 14.7 Å². The number of carbonyl (C=O) groups is 1. The van der Waals surface area contributed by atoms with Crippen LogP contribution in [-0.2, 0) is 21.3 Å². The first-order valence-electron chi connectivity index (χ1n) is 9.20. The van der Waals surface area contributed by atoms with Crippen molar-refractivity contribution in [2.75, 3.05) is 13.2 Å². The summed E-state index contributed by atoms with van der Waals surface area (Å²) in [7, 11) is 1.77. The molecule has 1 aliphatic heterocycles. The molecule has 2 N–H and O–H groups in total. The highest BCUT2D eigenvalue weighted by molar-refractivity contribution is 5.84. The number of aliphatic carboxylic acids is 1. The minimum atomic E-state index is -1.18. The molecule has 1 aliphatic rings. The van der Waals surface area contributed by atoms with Gasteiger partial charge in [0, 0.05) is 37.8 Å². The van der Waals surface area contributed by atoms with E-state index >= 15 is 0 Å². The van der Waals surface area contributed by atoms with E-state index in [2.05, 4.69) is 0 Å². The highest BCUT2D eigenvalue weighted by Gasteiger charge is 2.30. The van der Waals surface area contributed by atoms with E-state index < -0.39 is 12.3 Å². The Bertz CT molecular complexity index is 899. The molecule has 3 rings (SSSR count). The van der Waals surface area contributed by atoms with Crippen molar-refractivity contribution in [2.45, 2.75) is 31.5 Å². The molecular weight excluding hydrogens is 364 g/mol. The fourth-order valence-electron chi connectivity index (χ4n) is 3.31. The molecular formula is C20H24N2O6. The van der Waals surface area contributed by atoms with Crippen molar-refractivity contribution in [1.82, 2.24) is 9.36 Å². The molecule has 2 heterocycles. The van der Waals surface area contributed by atoms with Gasteiger partial charge in [-0.3, -0.25) is 9.48 Å². The Morgan fingerprint density at radius 2 is 2.04 bits per heavy atom. The number of carboxylic acid groups (broad SMARTS) is 1. The lowest BCUT2D eigenvalue weighted by molar-refractivity contribution is -0.157. The highest BCUT2D eigenvalue weighted by Crippen LogP contribution is 2.31. The molecule has 1 aromatic heterocycles. The number of para-hydroxylation sites is 1. The predicted molar refractivity (Wildman–Crippen MR) is 101 cm³/mol. The third-order valence-electron chi connectivity index (χ3n) is 4.66. The summed E-state index contributed by atoms with van der Waals surface area (Å²) in [4.78, 5) is 24.0. The smallest absolute Gasteiger partial charge is 0.370 e. The number of ether oxygens (including phenoxy) is 2. The third kappa shape index (κ3) is 4.35. The van der Waals surface area contributed by atoms with Crippen LogP contribution in [0.3, 0.4) is 0 Å². The van der Waals surface area contributed by atoms with Gasteiger partial charge in [-0.15, -0.1) is 0 Å². The van der Waals surface area contributed by atoms with Crippen molar-refractivity contribution in [3.63, 3.8) is 0 Å². The first-order chi connectivity index (χ1) is 13.5. The van der Waals surface area contributed by atoms with Crippen LogP contribution in [0.4, 0.5) is 0 Å². The van der Waals surface area contributed by atoms with E-state index in [4.69, 9.17) is 14.6 Å². The largest absolute Gasteiger partial charge is 0.475 e. The summed E-state index contributed by atoms with van der Waals surface area (Å²) >= 11 is 0. The first-order valence-corrected chi connectivity index (χ1v) is 9.20. The number of unbranched alkanes of at least 4 members (excludes halogenated alkanes) is 1. The van der Waals surface area contributed by atoms with Gasteiger partial charge in [0.25, 0.3) is 5.56 Å². The van der Waals surface area contributed by atoms with Crippen LogP contribution in [0.5, 0.6) is 0 Å². The van der Waals surface area contributed by atoms with Crippen LogP contribution in [-0.4, -0.2) is 45.0 Å². The molecule has 0 unspecified atom stereocenters. The quantitative estimate of drug-likeness (QED) is 0.668. The van der Waals surface area contributed by atoms with E-state index in [0.717, 1.165) is 5.69 Å². The summed E-state index contributed by atoms with van der Waals surface area (Å²) in [5.74, 6) is -1.71. The van der Waals surface area contributed by atoms with Crippen LogP contribution in [0.15, 0.2) is 53.0 Å². The molecule has 2 aromatic rings. The zero-order valence-corrected chi connectivity index (χ0v) is 15.7. The molecule has 0 saturated carbocycles. The number of allylic oxidation sites excluding steroid dienone is 1. The lowest BCUT2D eigenvalue weighted by atomic mass is 9.98. The maximum atomic E-state index is 12.6. The molecule has 1 aromatic carbocycles. The number of hydrogen-bond acceptors (Lipinski definition) is 5. The lowest BCUT2D eigenvalue weighted by Gasteiger charge is -2.28. The van der Waals surface area contributed by atoms with Crippen LogP contribution < -0.4 is 5.56 Å². The highest BCUT2D eigenvalue weighted by atomic mass is 16.7. The van der Waals surface area contributed by atoms with E-state index in [-0.39, 0.29) is 23.8 Å². The average Bonchev–Trinajstić information content (AvgIpc) is 3.00. The van der Waals surface area contributed by atoms with E-state index in [1.807, 2.05) is 30.3 Å². The van der Waals surface area contributed by atoms with Crippen LogP contribution in [0, 0.1) is 0 Å². The van der Waals surface area contributed by atoms with Crippen molar-refractivity contribution in [1.29, 1.82) is 0 Å². The number of benzene rings is 1. The Kier molecular flexibility index (Phi) is 6.33. The zero-order valence-electron chi connectivity index (χ0n) is 15.7. The predicted octanol–water partition coefficient (Wildman–Crippen LogP) is 1.76. The van der Waals surface area contributed by atoms with Gasteiger partial charge >= 0.3 is 5.97 Å². The maximum absolute atomic E-state index is 12.6. The lowest BCUT2D eigenvalue weighted by Crippen LogP contribution is -2.28. The zero-order chi connectivity index (χ0) is 20.1. The van der Waals surface area contributed by atoms with Gasteiger partial charge in [0.1, 0.15) is 0 Å². The van der Waals surface area contributed by atoms with Gasteiger partial charge < -0.3 is 19.7 Å². The van der Waals surface area contributed by atoms with Gasteiger partial charge in [0.05, 0.1) is 12.3 Å². The molecule has 0 radical (unpaired) electrons. The summed E-state index contributed by atoms with van der Waals surface area (Å²) in [6.07, 6.45) is 2.43. The number of aromatic nitrogens is 2. The number of nitrogens with zero attached hydrogens (tertiary/aromatic N) is 2. The molecule has 8 nitrogen and oxygen atoms in total. The van der Waals surface area contributed by atoms with Crippen LogP contribution in [0.2, 0.25) is 0 Å².